The number of anilines is 1. The van der Waals surface area contributed by atoms with E-state index < -0.39 is 0 Å². The van der Waals surface area contributed by atoms with Gasteiger partial charge >= 0.3 is 0 Å². The molecule has 0 saturated heterocycles. The van der Waals surface area contributed by atoms with Crippen LogP contribution in [0.2, 0.25) is 0 Å². The fourth-order valence-electron chi connectivity index (χ4n) is 2.22. The average Bonchev–Trinajstić information content (AvgIpc) is 2.83. The number of nitrogens with zero attached hydrogens (tertiary/aromatic N) is 3. The maximum atomic E-state index is 12.3. The normalized spacial score (nSPS) is 17.4. The standard InChI is InChI=1S/C13H14N4O2/c1-17-13(14-8-15-17)16-12(18)10-6-7-19-11-5-3-2-4-9(10)11/h2-5,8,10H,6-7H2,1H3,(H,14,15,16,18). The summed E-state index contributed by atoms with van der Waals surface area (Å²) in [5.74, 6) is 0.953. The van der Waals surface area contributed by atoms with Crippen molar-refractivity contribution < 1.29 is 9.53 Å². The van der Waals surface area contributed by atoms with Crippen molar-refractivity contribution >= 4 is 11.9 Å². The van der Waals surface area contributed by atoms with Gasteiger partial charge in [0.1, 0.15) is 12.1 Å². The first-order chi connectivity index (χ1) is 9.25. The van der Waals surface area contributed by atoms with Crippen LogP contribution in [0.15, 0.2) is 30.6 Å². The number of carbonyl (C=O) groups excluding carboxylic acids is 1. The lowest BCUT2D eigenvalue weighted by atomic mass is 9.92. The van der Waals surface area contributed by atoms with E-state index in [1.54, 1.807) is 7.05 Å². The number of aryl methyl sites for hydroxylation is 1. The minimum absolute atomic E-state index is 0.0770. The van der Waals surface area contributed by atoms with Gasteiger partial charge in [0.2, 0.25) is 11.9 Å². The van der Waals surface area contributed by atoms with Crippen LogP contribution in [0.5, 0.6) is 5.75 Å². The van der Waals surface area contributed by atoms with Gasteiger partial charge in [-0.1, -0.05) is 18.2 Å². The summed E-state index contributed by atoms with van der Waals surface area (Å²) in [5, 5.41) is 6.72. The quantitative estimate of drug-likeness (QED) is 0.882. The molecular formula is C13H14N4O2. The minimum Gasteiger partial charge on any atom is -0.493 e. The molecule has 2 heterocycles. The summed E-state index contributed by atoms with van der Waals surface area (Å²) in [5.41, 5.74) is 0.924. The smallest absolute Gasteiger partial charge is 0.234 e. The Kier molecular flexibility index (Phi) is 2.91. The number of aromatic nitrogens is 3. The number of benzene rings is 1. The zero-order valence-electron chi connectivity index (χ0n) is 10.5. The molecular weight excluding hydrogens is 244 g/mol. The van der Waals surface area contributed by atoms with Gasteiger partial charge in [-0.2, -0.15) is 10.1 Å². The third-order valence-electron chi connectivity index (χ3n) is 3.22. The number of ether oxygens (including phenoxy) is 1. The van der Waals surface area contributed by atoms with E-state index in [2.05, 4.69) is 15.4 Å². The molecule has 98 valence electrons. The number of carbonyl (C=O) groups is 1. The van der Waals surface area contributed by atoms with Gasteiger partial charge in [0.15, 0.2) is 0 Å². The number of para-hydroxylation sites is 1. The molecule has 0 radical (unpaired) electrons. The van der Waals surface area contributed by atoms with Crippen molar-refractivity contribution in [2.24, 2.45) is 7.05 Å². The Hall–Kier alpha value is -2.37. The third kappa shape index (κ3) is 2.16. The lowest BCUT2D eigenvalue weighted by Crippen LogP contribution is -2.27. The van der Waals surface area contributed by atoms with E-state index in [4.69, 9.17) is 4.74 Å². The zero-order chi connectivity index (χ0) is 13.2. The highest BCUT2D eigenvalue weighted by atomic mass is 16.5. The molecule has 0 fully saturated rings. The number of nitrogens with one attached hydrogen (secondary N) is 1. The number of fused-ring (bicyclic) bond motifs is 1. The maximum absolute atomic E-state index is 12.3. The molecule has 6 heteroatoms. The minimum atomic E-state index is -0.207. The van der Waals surface area contributed by atoms with Crippen LogP contribution >= 0.6 is 0 Å². The number of rotatable bonds is 2. The van der Waals surface area contributed by atoms with Gasteiger partial charge in [-0.25, -0.2) is 4.68 Å². The van der Waals surface area contributed by atoms with Crippen molar-refractivity contribution in [1.29, 1.82) is 0 Å². The van der Waals surface area contributed by atoms with E-state index in [9.17, 15) is 4.79 Å². The van der Waals surface area contributed by atoms with E-state index in [1.165, 1.54) is 11.0 Å². The van der Waals surface area contributed by atoms with Crippen LogP contribution in [0, 0.1) is 0 Å². The predicted molar refractivity (Wildman–Crippen MR) is 68.9 cm³/mol. The maximum Gasteiger partial charge on any atom is 0.234 e. The molecule has 0 bridgehead atoms. The van der Waals surface area contributed by atoms with Gasteiger partial charge in [-0.15, -0.1) is 0 Å². The number of hydrogen-bond acceptors (Lipinski definition) is 4. The molecule has 1 aliphatic heterocycles. The fourth-order valence-corrected chi connectivity index (χ4v) is 2.22. The monoisotopic (exact) mass is 258 g/mol. The van der Waals surface area contributed by atoms with Crippen LogP contribution in [0.25, 0.3) is 0 Å². The molecule has 1 unspecified atom stereocenters. The highest BCUT2D eigenvalue weighted by molar-refractivity contribution is 5.95. The molecule has 0 aliphatic carbocycles. The Morgan fingerprint density at radius 2 is 2.32 bits per heavy atom. The van der Waals surface area contributed by atoms with E-state index in [0.717, 1.165) is 11.3 Å². The van der Waals surface area contributed by atoms with Crippen LogP contribution in [-0.4, -0.2) is 27.3 Å². The third-order valence-corrected chi connectivity index (χ3v) is 3.22. The van der Waals surface area contributed by atoms with Crippen molar-refractivity contribution in [3.63, 3.8) is 0 Å². The molecule has 1 aliphatic rings. The SMILES string of the molecule is Cn1ncnc1NC(=O)C1CCOc2ccccc21. The summed E-state index contributed by atoms with van der Waals surface area (Å²) in [6.45, 7) is 0.550. The summed E-state index contributed by atoms with van der Waals surface area (Å²) in [6.07, 6.45) is 2.08. The first-order valence-electron chi connectivity index (χ1n) is 6.12. The number of hydrogen-bond donors (Lipinski definition) is 1. The van der Waals surface area contributed by atoms with Gasteiger partial charge in [0.25, 0.3) is 0 Å². The summed E-state index contributed by atoms with van der Waals surface area (Å²) in [7, 11) is 1.74. The van der Waals surface area contributed by atoms with Gasteiger partial charge in [-0.3, -0.25) is 10.1 Å². The van der Waals surface area contributed by atoms with E-state index in [0.29, 0.717) is 19.0 Å². The second-order valence-corrected chi connectivity index (χ2v) is 4.42. The van der Waals surface area contributed by atoms with Crippen molar-refractivity contribution in [2.75, 3.05) is 11.9 Å². The van der Waals surface area contributed by atoms with Crippen molar-refractivity contribution in [2.45, 2.75) is 12.3 Å². The lowest BCUT2D eigenvalue weighted by Gasteiger charge is -2.24. The van der Waals surface area contributed by atoms with Crippen molar-refractivity contribution in [1.82, 2.24) is 14.8 Å². The van der Waals surface area contributed by atoms with Crippen LogP contribution in [0.3, 0.4) is 0 Å². The molecule has 19 heavy (non-hydrogen) atoms. The molecule has 1 aromatic heterocycles. The van der Waals surface area contributed by atoms with Gasteiger partial charge in [0, 0.05) is 12.6 Å². The van der Waals surface area contributed by atoms with Crippen LogP contribution in [-0.2, 0) is 11.8 Å². The highest BCUT2D eigenvalue weighted by Gasteiger charge is 2.28. The van der Waals surface area contributed by atoms with Gasteiger partial charge < -0.3 is 4.74 Å². The molecule has 1 atom stereocenters. The largest absolute Gasteiger partial charge is 0.493 e. The second kappa shape index (κ2) is 4.72. The Morgan fingerprint density at radius 1 is 1.47 bits per heavy atom. The Balaban J connectivity index is 1.84. The molecule has 0 spiro atoms. The van der Waals surface area contributed by atoms with Crippen molar-refractivity contribution in [3.8, 4) is 5.75 Å². The Morgan fingerprint density at radius 3 is 3.11 bits per heavy atom. The topological polar surface area (TPSA) is 69.0 Å². The average molecular weight is 258 g/mol. The van der Waals surface area contributed by atoms with Crippen LogP contribution in [0.4, 0.5) is 5.95 Å². The van der Waals surface area contributed by atoms with Crippen LogP contribution in [0.1, 0.15) is 17.9 Å². The van der Waals surface area contributed by atoms with Gasteiger partial charge in [-0.05, 0) is 12.5 Å². The van der Waals surface area contributed by atoms with Crippen molar-refractivity contribution in [3.05, 3.63) is 36.2 Å². The van der Waals surface area contributed by atoms with E-state index in [-0.39, 0.29) is 11.8 Å². The van der Waals surface area contributed by atoms with E-state index >= 15 is 0 Å². The van der Waals surface area contributed by atoms with Gasteiger partial charge in [0.05, 0.1) is 12.5 Å². The number of amides is 1. The summed E-state index contributed by atoms with van der Waals surface area (Å²) >= 11 is 0. The Bertz CT molecular complexity index is 608. The fraction of sp³-hybridized carbons (Fsp3) is 0.308. The predicted octanol–water partition coefficient (Wildman–Crippen LogP) is 1.32. The first kappa shape index (κ1) is 11.7. The molecule has 3 rings (SSSR count). The van der Waals surface area contributed by atoms with E-state index in [1.807, 2.05) is 24.3 Å². The lowest BCUT2D eigenvalue weighted by molar-refractivity contribution is -0.118. The molecule has 1 N–H and O–H groups in total. The summed E-state index contributed by atoms with van der Waals surface area (Å²) in [4.78, 5) is 16.3. The molecule has 0 saturated carbocycles. The zero-order valence-corrected chi connectivity index (χ0v) is 10.5. The summed E-state index contributed by atoms with van der Waals surface area (Å²) in [6, 6.07) is 7.63. The highest BCUT2D eigenvalue weighted by Crippen LogP contribution is 2.33. The summed E-state index contributed by atoms with van der Waals surface area (Å²) < 4.78 is 7.08. The molecule has 1 amide bonds. The van der Waals surface area contributed by atoms with Crippen LogP contribution < -0.4 is 10.1 Å². The molecule has 1 aromatic carbocycles. The second-order valence-electron chi connectivity index (χ2n) is 4.42. The first-order valence-corrected chi connectivity index (χ1v) is 6.12. The molecule has 6 nitrogen and oxygen atoms in total. The Labute approximate surface area is 110 Å². The molecule has 2 aromatic rings.